The number of rotatable bonds is 3. The highest BCUT2D eigenvalue weighted by atomic mass is 35.5. The molecular formula is C17H12ClFN2O3. The predicted molar refractivity (Wildman–Crippen MR) is 86.2 cm³/mol. The molecule has 1 aliphatic rings. The van der Waals surface area contributed by atoms with Crippen LogP contribution in [0, 0.1) is 5.82 Å². The Labute approximate surface area is 142 Å². The first-order valence-electron chi connectivity index (χ1n) is 7.14. The molecule has 122 valence electrons. The van der Waals surface area contributed by atoms with Crippen molar-refractivity contribution in [3.05, 3.63) is 64.4 Å². The number of amides is 3. The molecule has 0 saturated carbocycles. The van der Waals surface area contributed by atoms with Gasteiger partial charge in [-0.2, -0.15) is 0 Å². The van der Waals surface area contributed by atoms with Crippen LogP contribution in [0.3, 0.4) is 0 Å². The molecule has 1 heterocycles. The van der Waals surface area contributed by atoms with E-state index in [2.05, 4.69) is 5.32 Å². The molecule has 0 unspecified atom stereocenters. The number of hydrogen-bond acceptors (Lipinski definition) is 3. The summed E-state index contributed by atoms with van der Waals surface area (Å²) in [6, 6.07) is 10.9. The minimum absolute atomic E-state index is 0.0424. The maximum atomic E-state index is 13.8. The number of fused-ring (bicyclic) bond motifs is 1. The van der Waals surface area contributed by atoms with Crippen molar-refractivity contribution < 1.29 is 18.8 Å². The predicted octanol–water partition coefficient (Wildman–Crippen LogP) is 2.64. The Balaban J connectivity index is 1.76. The average Bonchev–Trinajstić information content (AvgIpc) is 2.56. The van der Waals surface area contributed by atoms with Gasteiger partial charge in [-0.1, -0.05) is 35.9 Å². The number of nitrogens with zero attached hydrogens (tertiary/aromatic N) is 1. The van der Waals surface area contributed by atoms with E-state index in [-0.39, 0.29) is 17.1 Å². The first-order chi connectivity index (χ1) is 11.5. The Morgan fingerprint density at radius 1 is 1.17 bits per heavy atom. The van der Waals surface area contributed by atoms with Gasteiger partial charge >= 0.3 is 0 Å². The van der Waals surface area contributed by atoms with Gasteiger partial charge in [-0.3, -0.25) is 19.3 Å². The van der Waals surface area contributed by atoms with E-state index in [9.17, 15) is 18.8 Å². The summed E-state index contributed by atoms with van der Waals surface area (Å²) in [6.45, 7) is -0.488. The largest absolute Gasteiger partial charge is 0.322 e. The maximum Gasteiger partial charge on any atom is 0.261 e. The number of halogens is 2. The molecule has 0 spiro atoms. The first-order valence-corrected chi connectivity index (χ1v) is 7.51. The smallest absolute Gasteiger partial charge is 0.261 e. The van der Waals surface area contributed by atoms with Crippen molar-refractivity contribution in [3.8, 4) is 0 Å². The lowest BCUT2D eigenvalue weighted by molar-refractivity contribution is -0.131. The zero-order chi connectivity index (χ0) is 17.3. The van der Waals surface area contributed by atoms with Crippen LogP contribution in [0.2, 0.25) is 5.02 Å². The van der Waals surface area contributed by atoms with E-state index >= 15 is 0 Å². The van der Waals surface area contributed by atoms with E-state index in [0.717, 1.165) is 4.90 Å². The Morgan fingerprint density at radius 3 is 2.71 bits per heavy atom. The molecule has 3 amide bonds. The van der Waals surface area contributed by atoms with Crippen molar-refractivity contribution in [2.24, 2.45) is 0 Å². The molecule has 1 aliphatic heterocycles. The number of carbonyl (C=O) groups is 3. The monoisotopic (exact) mass is 346 g/mol. The van der Waals surface area contributed by atoms with Gasteiger partial charge in [0.2, 0.25) is 11.8 Å². The van der Waals surface area contributed by atoms with Crippen LogP contribution >= 0.6 is 11.6 Å². The van der Waals surface area contributed by atoms with Crippen molar-refractivity contribution in [2.75, 3.05) is 11.9 Å². The van der Waals surface area contributed by atoms with Gasteiger partial charge in [0.15, 0.2) is 5.82 Å². The van der Waals surface area contributed by atoms with Gasteiger partial charge in [0.25, 0.3) is 5.91 Å². The van der Waals surface area contributed by atoms with E-state index in [0.29, 0.717) is 11.1 Å². The molecule has 3 rings (SSSR count). The molecule has 1 N–H and O–H groups in total. The molecule has 5 nitrogen and oxygen atoms in total. The number of anilines is 1. The summed E-state index contributed by atoms with van der Waals surface area (Å²) in [4.78, 5) is 37.4. The highest BCUT2D eigenvalue weighted by Gasteiger charge is 2.32. The summed E-state index contributed by atoms with van der Waals surface area (Å²) in [5, 5.41) is 2.19. The number of benzene rings is 2. The molecule has 2 aromatic rings. The fourth-order valence-electron chi connectivity index (χ4n) is 2.49. The van der Waals surface area contributed by atoms with Crippen LogP contribution < -0.4 is 5.32 Å². The number of nitrogens with one attached hydrogen (secondary N) is 1. The summed E-state index contributed by atoms with van der Waals surface area (Å²) in [7, 11) is 0. The molecule has 2 aromatic carbocycles. The third kappa shape index (κ3) is 3.00. The molecule has 7 heteroatoms. The number of imide groups is 1. The van der Waals surface area contributed by atoms with Gasteiger partial charge in [0.1, 0.15) is 6.54 Å². The van der Waals surface area contributed by atoms with Crippen molar-refractivity contribution in [1.29, 1.82) is 0 Å². The lowest BCUT2D eigenvalue weighted by Gasteiger charge is -2.26. The molecule has 0 atom stereocenters. The Hall–Kier alpha value is -2.73. The standard InChI is InChI=1S/C17H12ClFN2O3/c18-12-6-3-7-13(16(12)19)20-14(22)9-21-15(23)8-10-4-1-2-5-11(10)17(21)24/h1-7H,8-9H2,(H,20,22). The van der Waals surface area contributed by atoms with Gasteiger partial charge in [-0.05, 0) is 23.8 Å². The first kappa shape index (κ1) is 16.1. The van der Waals surface area contributed by atoms with Crippen LogP contribution in [-0.4, -0.2) is 29.2 Å². The van der Waals surface area contributed by atoms with E-state index in [1.165, 1.54) is 18.2 Å². The fourth-order valence-corrected chi connectivity index (χ4v) is 2.67. The second kappa shape index (κ2) is 6.41. The third-order valence-electron chi connectivity index (χ3n) is 3.66. The fraction of sp³-hybridized carbons (Fsp3) is 0.118. The SMILES string of the molecule is O=C(CN1C(=O)Cc2ccccc2C1=O)Nc1cccc(Cl)c1F. The minimum Gasteiger partial charge on any atom is -0.322 e. The highest BCUT2D eigenvalue weighted by molar-refractivity contribution is 6.31. The Bertz CT molecular complexity index is 853. The molecule has 0 aromatic heterocycles. The van der Waals surface area contributed by atoms with Crippen LogP contribution in [0.1, 0.15) is 15.9 Å². The molecule has 0 saturated heterocycles. The summed E-state index contributed by atoms with van der Waals surface area (Å²) in [5.74, 6) is -2.46. The van der Waals surface area contributed by atoms with Crippen LogP contribution in [0.5, 0.6) is 0 Å². The van der Waals surface area contributed by atoms with Gasteiger partial charge in [0.05, 0.1) is 17.1 Å². The minimum atomic E-state index is -0.769. The quantitative estimate of drug-likeness (QED) is 0.869. The molecule has 0 fully saturated rings. The molecule has 0 aliphatic carbocycles. The van der Waals surface area contributed by atoms with Crippen LogP contribution in [0.25, 0.3) is 0 Å². The Kier molecular flexibility index (Phi) is 4.31. The maximum absolute atomic E-state index is 13.8. The van der Waals surface area contributed by atoms with Crippen molar-refractivity contribution in [2.45, 2.75) is 6.42 Å². The second-order valence-corrected chi connectivity index (χ2v) is 5.68. The molecule has 0 radical (unpaired) electrons. The second-order valence-electron chi connectivity index (χ2n) is 5.27. The zero-order valence-corrected chi connectivity index (χ0v) is 13.1. The summed E-state index contributed by atoms with van der Waals surface area (Å²) >= 11 is 5.65. The lowest BCUT2D eigenvalue weighted by atomic mass is 9.98. The number of hydrogen-bond donors (Lipinski definition) is 1. The summed E-state index contributed by atoms with van der Waals surface area (Å²) in [5.41, 5.74) is 0.911. The van der Waals surface area contributed by atoms with Gasteiger partial charge in [-0.25, -0.2) is 4.39 Å². The van der Waals surface area contributed by atoms with Gasteiger partial charge in [0, 0.05) is 5.56 Å². The topological polar surface area (TPSA) is 66.5 Å². The van der Waals surface area contributed by atoms with Crippen LogP contribution in [0.4, 0.5) is 10.1 Å². The molecule has 24 heavy (non-hydrogen) atoms. The van der Waals surface area contributed by atoms with Crippen LogP contribution in [0.15, 0.2) is 42.5 Å². The van der Waals surface area contributed by atoms with Crippen molar-refractivity contribution >= 4 is 35.0 Å². The van der Waals surface area contributed by atoms with Crippen molar-refractivity contribution in [3.63, 3.8) is 0 Å². The van der Waals surface area contributed by atoms with Gasteiger partial charge < -0.3 is 5.32 Å². The highest BCUT2D eigenvalue weighted by Crippen LogP contribution is 2.23. The summed E-state index contributed by atoms with van der Waals surface area (Å²) in [6.07, 6.45) is 0.0424. The third-order valence-corrected chi connectivity index (χ3v) is 3.95. The van der Waals surface area contributed by atoms with Gasteiger partial charge in [-0.15, -0.1) is 0 Å². The average molecular weight is 347 g/mol. The zero-order valence-electron chi connectivity index (χ0n) is 12.4. The molecular weight excluding hydrogens is 335 g/mol. The van der Waals surface area contributed by atoms with Crippen molar-refractivity contribution in [1.82, 2.24) is 4.90 Å². The van der Waals surface area contributed by atoms with E-state index < -0.39 is 30.1 Å². The normalized spacial score (nSPS) is 13.7. The Morgan fingerprint density at radius 2 is 1.92 bits per heavy atom. The van der Waals surface area contributed by atoms with E-state index in [1.54, 1.807) is 24.3 Å². The van der Waals surface area contributed by atoms with E-state index in [1.807, 2.05) is 0 Å². The van der Waals surface area contributed by atoms with Crippen LogP contribution in [-0.2, 0) is 16.0 Å². The lowest BCUT2D eigenvalue weighted by Crippen LogP contribution is -2.46. The molecule has 0 bridgehead atoms. The summed E-state index contributed by atoms with van der Waals surface area (Å²) < 4.78 is 13.8. The number of carbonyl (C=O) groups excluding carboxylic acids is 3. The van der Waals surface area contributed by atoms with E-state index in [4.69, 9.17) is 11.6 Å².